The van der Waals surface area contributed by atoms with Gasteiger partial charge in [-0.25, -0.2) is 0 Å². The second kappa shape index (κ2) is 11.4. The number of furan rings is 1. The van der Waals surface area contributed by atoms with Crippen LogP contribution in [0.15, 0.2) is 205 Å². The molecule has 0 atom stereocenters. The van der Waals surface area contributed by atoms with Crippen LogP contribution in [0.4, 0.5) is 17.1 Å². The predicted octanol–water partition coefficient (Wildman–Crippen LogP) is 14.2. The first-order chi connectivity index (χ1) is 27.3. The van der Waals surface area contributed by atoms with E-state index in [0.29, 0.717) is 0 Å². The summed E-state index contributed by atoms with van der Waals surface area (Å²) in [7, 11) is 0. The van der Waals surface area contributed by atoms with E-state index in [1.54, 1.807) is 0 Å². The van der Waals surface area contributed by atoms with E-state index in [0.717, 1.165) is 39.0 Å². The van der Waals surface area contributed by atoms with Crippen molar-refractivity contribution in [2.75, 3.05) is 4.90 Å². The summed E-state index contributed by atoms with van der Waals surface area (Å²) in [6, 6.07) is 73.1. The van der Waals surface area contributed by atoms with Crippen molar-refractivity contribution in [3.8, 4) is 33.4 Å². The van der Waals surface area contributed by atoms with Crippen molar-refractivity contribution in [1.29, 1.82) is 0 Å². The van der Waals surface area contributed by atoms with Crippen LogP contribution in [0.5, 0.6) is 0 Å². The minimum Gasteiger partial charge on any atom is -0.455 e. The van der Waals surface area contributed by atoms with E-state index in [4.69, 9.17) is 4.42 Å². The summed E-state index contributed by atoms with van der Waals surface area (Å²) in [5.41, 5.74) is 17.3. The van der Waals surface area contributed by atoms with Crippen molar-refractivity contribution in [3.63, 3.8) is 0 Å². The second-order valence-corrected chi connectivity index (χ2v) is 14.8. The molecule has 55 heavy (non-hydrogen) atoms. The van der Waals surface area contributed by atoms with Gasteiger partial charge in [-0.15, -0.1) is 0 Å². The van der Waals surface area contributed by atoms with Crippen LogP contribution < -0.4 is 4.90 Å². The molecule has 9 aromatic carbocycles. The molecule has 12 rings (SSSR count). The first kappa shape index (κ1) is 30.3. The van der Waals surface area contributed by atoms with Gasteiger partial charge < -0.3 is 9.32 Å². The molecule has 0 amide bonds. The molecule has 0 unspecified atom stereocenters. The van der Waals surface area contributed by atoms with Crippen LogP contribution in [-0.2, 0) is 5.41 Å². The molecule has 256 valence electrons. The van der Waals surface area contributed by atoms with Gasteiger partial charge in [0.1, 0.15) is 11.2 Å². The Bertz CT molecular complexity index is 3100. The van der Waals surface area contributed by atoms with E-state index in [-0.39, 0.29) is 0 Å². The maximum atomic E-state index is 6.81. The average Bonchev–Trinajstić information content (AvgIpc) is 3.88. The first-order valence-corrected chi connectivity index (χ1v) is 19.0. The largest absolute Gasteiger partial charge is 0.455 e. The normalized spacial score (nSPS) is 13.2. The van der Waals surface area contributed by atoms with Crippen molar-refractivity contribution < 1.29 is 4.42 Å². The fourth-order valence-electron chi connectivity index (χ4n) is 9.82. The van der Waals surface area contributed by atoms with Gasteiger partial charge in [0.05, 0.1) is 5.41 Å². The molecule has 10 aromatic rings. The lowest BCUT2D eigenvalue weighted by Gasteiger charge is -2.32. The van der Waals surface area contributed by atoms with E-state index < -0.39 is 5.41 Å². The molecule has 2 nitrogen and oxygen atoms in total. The van der Waals surface area contributed by atoms with Crippen LogP contribution in [0.3, 0.4) is 0 Å². The van der Waals surface area contributed by atoms with Crippen LogP contribution >= 0.6 is 0 Å². The predicted molar refractivity (Wildman–Crippen MR) is 228 cm³/mol. The fourth-order valence-corrected chi connectivity index (χ4v) is 9.82. The Morgan fingerprint density at radius 1 is 0.364 bits per heavy atom. The van der Waals surface area contributed by atoms with Gasteiger partial charge in [0, 0.05) is 33.4 Å². The molecular weight excluding hydrogens is 667 g/mol. The maximum absolute atomic E-state index is 6.81. The summed E-state index contributed by atoms with van der Waals surface area (Å²) >= 11 is 0. The first-order valence-electron chi connectivity index (χ1n) is 19.0. The van der Waals surface area contributed by atoms with Crippen molar-refractivity contribution in [2.24, 2.45) is 0 Å². The summed E-state index contributed by atoms with van der Waals surface area (Å²) in [6.45, 7) is 0. The lowest BCUT2D eigenvalue weighted by atomic mass is 9.70. The zero-order valence-electron chi connectivity index (χ0n) is 29.9. The lowest BCUT2D eigenvalue weighted by molar-refractivity contribution is 0.669. The molecule has 1 spiro atoms. The monoisotopic (exact) mass is 699 g/mol. The number of fused-ring (bicyclic) bond motifs is 15. The number of hydrogen-bond acceptors (Lipinski definition) is 2. The molecule has 1 aromatic heterocycles. The highest BCUT2D eigenvalue weighted by Crippen LogP contribution is 2.64. The minimum absolute atomic E-state index is 0.512. The molecule has 2 aliphatic rings. The van der Waals surface area contributed by atoms with Crippen molar-refractivity contribution in [2.45, 2.75) is 5.41 Å². The molecule has 0 bridgehead atoms. The molecule has 0 N–H and O–H groups in total. The lowest BCUT2D eigenvalue weighted by Crippen LogP contribution is -2.26. The molecule has 0 aliphatic heterocycles. The number of benzene rings is 9. The van der Waals surface area contributed by atoms with E-state index >= 15 is 0 Å². The molecular formula is C53H33NO. The molecule has 1 heterocycles. The number of para-hydroxylation sites is 2. The smallest absolute Gasteiger partial charge is 0.143 e. The Kier molecular flexibility index (Phi) is 6.29. The van der Waals surface area contributed by atoms with E-state index in [2.05, 4.69) is 205 Å². The van der Waals surface area contributed by atoms with Gasteiger partial charge in [0.2, 0.25) is 0 Å². The van der Waals surface area contributed by atoms with Crippen LogP contribution in [0, 0.1) is 0 Å². The van der Waals surface area contributed by atoms with Crippen molar-refractivity contribution in [3.05, 3.63) is 222 Å². The average molecular weight is 700 g/mol. The number of nitrogens with zero attached hydrogens (tertiary/aromatic N) is 1. The fraction of sp³-hybridized carbons (Fsp3) is 0.0189. The minimum atomic E-state index is -0.512. The molecule has 0 radical (unpaired) electrons. The molecule has 0 saturated heterocycles. The quantitative estimate of drug-likeness (QED) is 0.182. The molecule has 2 heteroatoms. The summed E-state index contributed by atoms with van der Waals surface area (Å²) in [5, 5.41) is 4.81. The Labute approximate surface area is 319 Å². The summed E-state index contributed by atoms with van der Waals surface area (Å²) in [4.78, 5) is 2.40. The molecule has 0 fully saturated rings. The standard InChI is InChI=1S/C53H33NO/c1-2-15-36(16-3-1)54(37-27-25-35(26-28-37)40-21-12-14-34-13-4-5-17-39(34)40)38-29-30-45-49(33-38)53(46-22-9-6-18-41(46)42-19-7-10-23-47(42)53)48-32-31-44-43-20-8-11-24-50(43)55-52(44)51(45)48/h1-33H. The third-order valence-electron chi connectivity index (χ3n) is 12.1. The number of rotatable bonds is 4. The third-order valence-corrected chi connectivity index (χ3v) is 12.1. The number of hydrogen-bond donors (Lipinski definition) is 0. The van der Waals surface area contributed by atoms with E-state index in [1.165, 1.54) is 66.4 Å². The zero-order valence-corrected chi connectivity index (χ0v) is 29.9. The van der Waals surface area contributed by atoms with Crippen molar-refractivity contribution >= 4 is 49.8 Å². The van der Waals surface area contributed by atoms with Crippen LogP contribution in [0.25, 0.3) is 66.1 Å². The van der Waals surface area contributed by atoms with Gasteiger partial charge in [0.25, 0.3) is 0 Å². The summed E-state index contributed by atoms with van der Waals surface area (Å²) < 4.78 is 6.81. The SMILES string of the molecule is c1ccc(N(c2ccc(-c3cccc4ccccc34)cc2)c2ccc3c(c2)C2(c4ccccc4-c4ccccc42)c2ccc4c(oc5ccccc54)c2-3)cc1. The van der Waals surface area contributed by atoms with Gasteiger partial charge in [0.15, 0.2) is 0 Å². The van der Waals surface area contributed by atoms with Crippen LogP contribution in [-0.4, -0.2) is 0 Å². The Morgan fingerprint density at radius 2 is 0.982 bits per heavy atom. The third kappa shape index (κ3) is 4.14. The highest BCUT2D eigenvalue weighted by Gasteiger charge is 2.52. The van der Waals surface area contributed by atoms with Gasteiger partial charge in [-0.2, -0.15) is 0 Å². The Balaban J connectivity index is 1.11. The summed E-state index contributed by atoms with van der Waals surface area (Å²) in [5.74, 6) is 0. The van der Waals surface area contributed by atoms with E-state index in [9.17, 15) is 0 Å². The molecule has 2 aliphatic carbocycles. The second-order valence-electron chi connectivity index (χ2n) is 14.8. The highest BCUT2D eigenvalue weighted by molar-refractivity contribution is 6.13. The van der Waals surface area contributed by atoms with Gasteiger partial charge >= 0.3 is 0 Å². The number of anilines is 3. The molecule has 0 saturated carbocycles. The Morgan fingerprint density at radius 3 is 1.78 bits per heavy atom. The maximum Gasteiger partial charge on any atom is 0.143 e. The van der Waals surface area contributed by atoms with Crippen molar-refractivity contribution in [1.82, 2.24) is 0 Å². The van der Waals surface area contributed by atoms with Gasteiger partial charge in [-0.3, -0.25) is 0 Å². The van der Waals surface area contributed by atoms with Gasteiger partial charge in [-0.05, 0) is 103 Å². The zero-order chi connectivity index (χ0) is 36.1. The van der Waals surface area contributed by atoms with Crippen LogP contribution in [0.1, 0.15) is 22.3 Å². The highest BCUT2D eigenvalue weighted by atomic mass is 16.3. The summed E-state index contributed by atoms with van der Waals surface area (Å²) in [6.07, 6.45) is 0. The Hall–Kier alpha value is -7.16. The topological polar surface area (TPSA) is 16.4 Å². The van der Waals surface area contributed by atoms with E-state index in [1.807, 2.05) is 0 Å². The van der Waals surface area contributed by atoms with Crippen LogP contribution in [0.2, 0.25) is 0 Å². The van der Waals surface area contributed by atoms with Gasteiger partial charge in [-0.1, -0.05) is 158 Å².